The molecule has 7 nitrogen and oxygen atoms in total. The van der Waals surface area contributed by atoms with Crippen LogP contribution in [0.2, 0.25) is 0 Å². The fourth-order valence-corrected chi connectivity index (χ4v) is 2.37. The molecule has 2 heterocycles. The largest absolute Gasteiger partial charge is 0.396 e. The molecule has 5 N–H and O–H groups in total. The number of hydrogen-bond acceptors (Lipinski definition) is 6. The first-order valence-corrected chi connectivity index (χ1v) is 5.73. The number of allylic oxidation sites excluding steroid dienone is 2. The lowest BCUT2D eigenvalue weighted by atomic mass is 10.0. The third-order valence-corrected chi connectivity index (χ3v) is 3.28. The molecule has 0 aliphatic heterocycles. The second-order valence-electron chi connectivity index (χ2n) is 4.39. The van der Waals surface area contributed by atoms with Crippen LogP contribution in [0.3, 0.4) is 0 Å². The van der Waals surface area contributed by atoms with Crippen molar-refractivity contribution in [2.75, 3.05) is 18.1 Å². The summed E-state index contributed by atoms with van der Waals surface area (Å²) >= 11 is 0. The van der Waals surface area contributed by atoms with E-state index in [1.54, 1.807) is 6.33 Å². The van der Waals surface area contributed by atoms with E-state index in [4.69, 9.17) is 11.5 Å². The molecule has 94 valence electrons. The first-order valence-electron chi connectivity index (χ1n) is 5.73. The van der Waals surface area contributed by atoms with Gasteiger partial charge in [0.15, 0.2) is 11.5 Å². The Morgan fingerprint density at radius 3 is 3.00 bits per heavy atom. The summed E-state index contributed by atoms with van der Waals surface area (Å²) in [5.41, 5.74) is 12.5. The molecule has 0 saturated heterocycles. The van der Waals surface area contributed by atoms with Crippen molar-refractivity contribution in [2.24, 2.45) is 5.92 Å². The molecule has 18 heavy (non-hydrogen) atoms. The van der Waals surface area contributed by atoms with Crippen molar-refractivity contribution in [1.82, 2.24) is 19.5 Å². The van der Waals surface area contributed by atoms with Crippen LogP contribution >= 0.6 is 0 Å². The van der Waals surface area contributed by atoms with E-state index in [0.29, 0.717) is 11.2 Å². The standard InChI is InChI=1S/C11H14N6O/c12-9-8-10(16-11(13)15-9)17(5-14-8)7-3-1-2-6(7)4-18/h1,3,5-7,18H,2,4H2,(H4,12,13,15,16)/t6-,7-/m1/s1. The summed E-state index contributed by atoms with van der Waals surface area (Å²) in [4.78, 5) is 12.3. The van der Waals surface area contributed by atoms with Gasteiger partial charge in [-0.15, -0.1) is 0 Å². The second kappa shape index (κ2) is 3.95. The number of imidazole rings is 1. The molecule has 0 bridgehead atoms. The zero-order valence-corrected chi connectivity index (χ0v) is 9.69. The summed E-state index contributed by atoms with van der Waals surface area (Å²) in [6.07, 6.45) is 6.59. The van der Waals surface area contributed by atoms with E-state index in [2.05, 4.69) is 15.0 Å². The van der Waals surface area contributed by atoms with Gasteiger partial charge in [0, 0.05) is 12.5 Å². The second-order valence-corrected chi connectivity index (χ2v) is 4.39. The van der Waals surface area contributed by atoms with Crippen LogP contribution in [0.4, 0.5) is 11.8 Å². The van der Waals surface area contributed by atoms with Crippen molar-refractivity contribution in [2.45, 2.75) is 12.5 Å². The summed E-state index contributed by atoms with van der Waals surface area (Å²) in [6.45, 7) is 0.118. The number of anilines is 2. The Labute approximate surface area is 103 Å². The van der Waals surface area contributed by atoms with Crippen molar-refractivity contribution in [3.05, 3.63) is 18.5 Å². The lowest BCUT2D eigenvalue weighted by molar-refractivity contribution is 0.205. The number of nitrogens with two attached hydrogens (primary N) is 2. The third kappa shape index (κ3) is 1.52. The molecule has 0 amide bonds. The number of aliphatic hydroxyl groups excluding tert-OH is 1. The molecule has 2 atom stereocenters. The number of aliphatic hydroxyl groups is 1. The first-order chi connectivity index (χ1) is 8.70. The van der Waals surface area contributed by atoms with Gasteiger partial charge in [0.25, 0.3) is 0 Å². The summed E-state index contributed by atoms with van der Waals surface area (Å²) in [7, 11) is 0. The predicted molar refractivity (Wildman–Crippen MR) is 67.5 cm³/mol. The SMILES string of the molecule is Nc1nc(N)c2ncn([C@@H]3C=CC[C@@H]3CO)c2n1. The van der Waals surface area contributed by atoms with Crippen LogP contribution in [0.5, 0.6) is 0 Å². The first kappa shape index (κ1) is 11.0. The van der Waals surface area contributed by atoms with Crippen LogP contribution < -0.4 is 11.5 Å². The molecule has 0 unspecified atom stereocenters. The molecule has 1 aliphatic carbocycles. The van der Waals surface area contributed by atoms with Crippen molar-refractivity contribution < 1.29 is 5.11 Å². The third-order valence-electron chi connectivity index (χ3n) is 3.28. The minimum absolute atomic E-state index is 0.0358. The normalized spacial score (nSPS) is 22.9. The number of fused-ring (bicyclic) bond motifs is 1. The van der Waals surface area contributed by atoms with Gasteiger partial charge >= 0.3 is 0 Å². The zero-order valence-electron chi connectivity index (χ0n) is 9.69. The minimum atomic E-state index is 0.0358. The van der Waals surface area contributed by atoms with E-state index in [1.807, 2.05) is 16.7 Å². The van der Waals surface area contributed by atoms with Gasteiger partial charge < -0.3 is 21.1 Å². The van der Waals surface area contributed by atoms with Crippen molar-refractivity contribution in [1.29, 1.82) is 0 Å². The van der Waals surface area contributed by atoms with E-state index in [1.165, 1.54) is 0 Å². The maximum absolute atomic E-state index is 9.36. The molecule has 0 aromatic carbocycles. The Morgan fingerprint density at radius 1 is 1.39 bits per heavy atom. The summed E-state index contributed by atoms with van der Waals surface area (Å²) in [5.74, 6) is 0.544. The van der Waals surface area contributed by atoms with Gasteiger partial charge in [0.2, 0.25) is 5.95 Å². The summed E-state index contributed by atoms with van der Waals surface area (Å²) < 4.78 is 1.88. The molecule has 0 fully saturated rings. The highest BCUT2D eigenvalue weighted by Gasteiger charge is 2.26. The number of hydrogen-bond donors (Lipinski definition) is 3. The zero-order chi connectivity index (χ0) is 12.7. The monoisotopic (exact) mass is 246 g/mol. The highest BCUT2D eigenvalue weighted by molar-refractivity contribution is 5.82. The Hall–Kier alpha value is -2.15. The lowest BCUT2D eigenvalue weighted by Crippen LogP contribution is -2.17. The topological polar surface area (TPSA) is 116 Å². The molecule has 2 aromatic heterocycles. The highest BCUT2D eigenvalue weighted by Crippen LogP contribution is 2.32. The molecular weight excluding hydrogens is 232 g/mol. The van der Waals surface area contributed by atoms with Crippen LogP contribution in [-0.2, 0) is 0 Å². The Morgan fingerprint density at radius 2 is 2.22 bits per heavy atom. The van der Waals surface area contributed by atoms with Gasteiger partial charge in [-0.05, 0) is 6.42 Å². The average molecular weight is 246 g/mol. The average Bonchev–Trinajstić information content (AvgIpc) is 2.93. The van der Waals surface area contributed by atoms with Crippen molar-refractivity contribution >= 4 is 22.9 Å². The summed E-state index contributed by atoms with van der Waals surface area (Å²) in [6, 6.07) is 0.0358. The fourth-order valence-electron chi connectivity index (χ4n) is 2.37. The van der Waals surface area contributed by atoms with Gasteiger partial charge in [-0.2, -0.15) is 9.97 Å². The number of rotatable bonds is 2. The molecule has 3 rings (SSSR count). The van der Waals surface area contributed by atoms with Gasteiger partial charge in [-0.3, -0.25) is 0 Å². The predicted octanol–water partition coefficient (Wildman–Crippen LogP) is 0.100. The van der Waals surface area contributed by atoms with E-state index in [-0.39, 0.29) is 30.3 Å². The maximum Gasteiger partial charge on any atom is 0.224 e. The molecule has 7 heteroatoms. The van der Waals surface area contributed by atoms with Gasteiger partial charge in [-0.25, -0.2) is 4.98 Å². The van der Waals surface area contributed by atoms with Crippen LogP contribution in [0.25, 0.3) is 11.2 Å². The van der Waals surface area contributed by atoms with E-state index < -0.39 is 0 Å². The number of aromatic nitrogens is 4. The fraction of sp³-hybridized carbons (Fsp3) is 0.364. The molecule has 0 spiro atoms. The molecule has 1 aliphatic rings. The lowest BCUT2D eigenvalue weighted by Gasteiger charge is -2.18. The summed E-state index contributed by atoms with van der Waals surface area (Å²) in [5, 5.41) is 9.36. The van der Waals surface area contributed by atoms with E-state index in [9.17, 15) is 5.11 Å². The quantitative estimate of drug-likeness (QED) is 0.647. The Balaban J connectivity index is 2.15. The maximum atomic E-state index is 9.36. The van der Waals surface area contributed by atoms with Crippen LogP contribution in [0.15, 0.2) is 18.5 Å². The van der Waals surface area contributed by atoms with E-state index >= 15 is 0 Å². The number of nitrogen functional groups attached to an aromatic ring is 2. The molecule has 0 saturated carbocycles. The Kier molecular flexibility index (Phi) is 2.41. The molecular formula is C11H14N6O. The number of nitrogens with zero attached hydrogens (tertiary/aromatic N) is 4. The van der Waals surface area contributed by atoms with Gasteiger partial charge in [-0.1, -0.05) is 12.2 Å². The van der Waals surface area contributed by atoms with Crippen LogP contribution in [0.1, 0.15) is 12.5 Å². The van der Waals surface area contributed by atoms with Gasteiger partial charge in [0.1, 0.15) is 5.52 Å². The smallest absolute Gasteiger partial charge is 0.224 e. The van der Waals surface area contributed by atoms with Crippen molar-refractivity contribution in [3.8, 4) is 0 Å². The van der Waals surface area contributed by atoms with Crippen LogP contribution in [0, 0.1) is 5.92 Å². The van der Waals surface area contributed by atoms with Gasteiger partial charge in [0.05, 0.1) is 12.4 Å². The minimum Gasteiger partial charge on any atom is -0.396 e. The van der Waals surface area contributed by atoms with Crippen molar-refractivity contribution in [3.63, 3.8) is 0 Å². The molecule has 2 aromatic rings. The van der Waals surface area contributed by atoms with Crippen LogP contribution in [-0.4, -0.2) is 31.2 Å². The highest BCUT2D eigenvalue weighted by atomic mass is 16.3. The Bertz CT molecular complexity index is 619. The molecule has 0 radical (unpaired) electrons. The van der Waals surface area contributed by atoms with E-state index in [0.717, 1.165) is 6.42 Å².